The summed E-state index contributed by atoms with van der Waals surface area (Å²) in [4.78, 5) is 29.5. The highest BCUT2D eigenvalue weighted by atomic mass is 32.1. The minimum absolute atomic E-state index is 0.0321. The van der Waals surface area contributed by atoms with Crippen LogP contribution < -0.4 is 10.3 Å². The van der Waals surface area contributed by atoms with Gasteiger partial charge in [0.1, 0.15) is 16.1 Å². The molecule has 1 aliphatic rings. The zero-order valence-corrected chi connectivity index (χ0v) is 20.1. The average molecular weight is 457 g/mol. The molecule has 7 heteroatoms. The first-order valence-corrected chi connectivity index (χ1v) is 12.2. The molecule has 0 spiro atoms. The van der Waals surface area contributed by atoms with Gasteiger partial charge in [-0.15, -0.1) is 11.3 Å². The number of carbonyl (C=O) groups is 1. The molecule has 0 radical (unpaired) electrons. The van der Waals surface area contributed by atoms with Crippen molar-refractivity contribution >= 4 is 38.4 Å². The Kier molecular flexibility index (Phi) is 6.47. The van der Waals surface area contributed by atoms with Gasteiger partial charge in [-0.3, -0.25) is 4.79 Å². The topological polar surface area (TPSA) is 71.6 Å². The van der Waals surface area contributed by atoms with Crippen LogP contribution in [0.1, 0.15) is 52.0 Å². The van der Waals surface area contributed by atoms with E-state index in [0.717, 1.165) is 77.5 Å². The average Bonchev–Trinajstić information content (AvgIpc) is 3.23. The second-order valence-electron chi connectivity index (χ2n) is 9.59. The number of carbonyl (C=O) groups excluding carboxylic acids is 1. The van der Waals surface area contributed by atoms with Crippen molar-refractivity contribution in [1.82, 2.24) is 9.88 Å². The number of nitrogens with zero attached hydrogens (tertiary/aromatic N) is 1. The molecule has 1 saturated heterocycles. The highest BCUT2D eigenvalue weighted by Gasteiger charge is 2.26. The number of hydrogen-bond acceptors (Lipinski definition) is 5. The zero-order valence-electron chi connectivity index (χ0n) is 19.3. The van der Waals surface area contributed by atoms with Crippen molar-refractivity contribution in [2.24, 2.45) is 5.92 Å². The van der Waals surface area contributed by atoms with Crippen LogP contribution in [0, 0.1) is 5.92 Å². The lowest BCUT2D eigenvalue weighted by atomic mass is 9.90. The van der Waals surface area contributed by atoms with Gasteiger partial charge in [0, 0.05) is 34.9 Å². The fourth-order valence-corrected chi connectivity index (χ4v) is 5.43. The Morgan fingerprint density at radius 1 is 1.22 bits per heavy atom. The first-order valence-electron chi connectivity index (χ1n) is 11.3. The number of hydrogen-bond donors (Lipinski definition) is 1. The third kappa shape index (κ3) is 4.77. The lowest BCUT2D eigenvalue weighted by molar-refractivity contribution is 0.0180. The fraction of sp³-hybridized carbons (Fsp3) is 0.520. The summed E-state index contributed by atoms with van der Waals surface area (Å²) in [7, 11) is 1.70. The molecule has 3 heterocycles. The number of aromatic amines is 1. The van der Waals surface area contributed by atoms with Crippen molar-refractivity contribution in [1.29, 1.82) is 0 Å². The number of rotatable bonds is 5. The number of aromatic nitrogens is 1. The highest BCUT2D eigenvalue weighted by molar-refractivity contribution is 7.17. The Labute approximate surface area is 192 Å². The SMILES string of the molecule is COc1ccc2[nH]c(=O)c3sccc3c2c1CCCC1CCN(C(=O)OC(C)(C)C)CC1. The molecule has 0 bridgehead atoms. The van der Waals surface area contributed by atoms with Gasteiger partial charge >= 0.3 is 6.09 Å². The number of aryl methyl sites for hydroxylation is 1. The van der Waals surface area contributed by atoms with Crippen LogP contribution in [0.5, 0.6) is 5.75 Å². The van der Waals surface area contributed by atoms with Crippen LogP contribution >= 0.6 is 11.3 Å². The van der Waals surface area contributed by atoms with E-state index < -0.39 is 5.60 Å². The minimum atomic E-state index is -0.455. The van der Waals surface area contributed by atoms with Gasteiger partial charge in [0.15, 0.2) is 0 Å². The molecule has 172 valence electrons. The number of likely N-dealkylation sites (tertiary alicyclic amines) is 1. The molecule has 1 aromatic carbocycles. The van der Waals surface area contributed by atoms with Crippen LogP contribution in [0.15, 0.2) is 28.4 Å². The van der Waals surface area contributed by atoms with Crippen molar-refractivity contribution in [3.8, 4) is 5.75 Å². The maximum atomic E-state index is 12.4. The molecular formula is C25H32N2O4S. The number of fused-ring (bicyclic) bond motifs is 3. The van der Waals surface area contributed by atoms with Gasteiger partial charge in [-0.05, 0) is 82.4 Å². The molecule has 3 aromatic rings. The maximum Gasteiger partial charge on any atom is 0.410 e. The van der Waals surface area contributed by atoms with E-state index >= 15 is 0 Å². The van der Waals surface area contributed by atoms with E-state index in [-0.39, 0.29) is 11.7 Å². The predicted octanol–water partition coefficient (Wildman–Crippen LogP) is 5.72. The Morgan fingerprint density at radius 2 is 1.97 bits per heavy atom. The van der Waals surface area contributed by atoms with Crippen LogP contribution in [0.3, 0.4) is 0 Å². The first-order chi connectivity index (χ1) is 15.3. The molecule has 1 amide bonds. The normalized spacial score (nSPS) is 15.4. The van der Waals surface area contributed by atoms with Gasteiger partial charge in [0.25, 0.3) is 5.56 Å². The van der Waals surface area contributed by atoms with Crippen molar-refractivity contribution in [2.75, 3.05) is 20.2 Å². The summed E-state index contributed by atoms with van der Waals surface area (Å²) in [5.74, 6) is 1.48. The Morgan fingerprint density at radius 3 is 2.66 bits per heavy atom. The Balaban J connectivity index is 1.43. The van der Waals surface area contributed by atoms with Gasteiger partial charge in [-0.2, -0.15) is 0 Å². The molecule has 2 aromatic heterocycles. The minimum Gasteiger partial charge on any atom is -0.496 e. The van der Waals surface area contributed by atoms with Crippen molar-refractivity contribution in [2.45, 2.75) is 58.5 Å². The van der Waals surface area contributed by atoms with Crippen molar-refractivity contribution in [3.63, 3.8) is 0 Å². The molecule has 32 heavy (non-hydrogen) atoms. The largest absolute Gasteiger partial charge is 0.496 e. The summed E-state index contributed by atoms with van der Waals surface area (Å²) in [6.45, 7) is 7.22. The summed E-state index contributed by atoms with van der Waals surface area (Å²) in [6.07, 6.45) is 4.85. The summed E-state index contributed by atoms with van der Waals surface area (Å²) >= 11 is 1.48. The second-order valence-corrected chi connectivity index (χ2v) is 10.5. The predicted molar refractivity (Wildman–Crippen MR) is 130 cm³/mol. The summed E-state index contributed by atoms with van der Waals surface area (Å²) in [5.41, 5.74) is 1.54. The molecular weight excluding hydrogens is 424 g/mol. The molecule has 0 atom stereocenters. The lowest BCUT2D eigenvalue weighted by Crippen LogP contribution is -2.41. The number of H-pyrrole nitrogens is 1. The number of piperidine rings is 1. The molecule has 0 saturated carbocycles. The smallest absolute Gasteiger partial charge is 0.410 e. The third-order valence-electron chi connectivity index (χ3n) is 6.18. The van der Waals surface area contributed by atoms with Gasteiger partial charge < -0.3 is 19.4 Å². The van der Waals surface area contributed by atoms with E-state index in [9.17, 15) is 9.59 Å². The number of ether oxygens (including phenoxy) is 2. The van der Waals surface area contributed by atoms with Crippen LogP contribution in [0.4, 0.5) is 4.79 Å². The fourth-order valence-electron chi connectivity index (χ4n) is 4.64. The standard InChI is InChI=1S/C25H32N2O4S/c1-25(2,3)31-24(29)27-13-10-16(11-14-27)6-5-7-17-20(30-4)9-8-19-21(17)18-12-15-32-22(18)23(28)26-19/h8-9,12,15-16H,5-7,10-11,13-14H2,1-4H3,(H,26,28). The van der Waals surface area contributed by atoms with E-state index in [1.165, 1.54) is 11.3 Å². The van der Waals surface area contributed by atoms with Gasteiger partial charge in [-0.25, -0.2) is 4.79 Å². The first kappa shape index (κ1) is 22.6. The molecule has 1 N–H and O–H groups in total. The number of thiophene rings is 1. The maximum absolute atomic E-state index is 12.4. The molecule has 0 aliphatic carbocycles. The van der Waals surface area contributed by atoms with Crippen LogP contribution in [0.2, 0.25) is 0 Å². The third-order valence-corrected chi connectivity index (χ3v) is 7.10. The highest BCUT2D eigenvalue weighted by Crippen LogP contribution is 2.35. The Bertz CT molecular complexity index is 1170. The molecule has 1 aliphatic heterocycles. The Hall–Kier alpha value is -2.54. The van der Waals surface area contributed by atoms with Crippen LogP contribution in [-0.4, -0.2) is 41.8 Å². The van der Waals surface area contributed by atoms with E-state index in [4.69, 9.17) is 9.47 Å². The van der Waals surface area contributed by atoms with E-state index in [2.05, 4.69) is 4.98 Å². The number of amides is 1. The number of benzene rings is 1. The number of nitrogens with one attached hydrogen (secondary N) is 1. The van der Waals surface area contributed by atoms with E-state index in [1.807, 2.05) is 49.3 Å². The molecule has 6 nitrogen and oxygen atoms in total. The number of methoxy groups -OCH3 is 1. The molecule has 0 unspecified atom stereocenters. The van der Waals surface area contributed by atoms with E-state index in [0.29, 0.717) is 5.92 Å². The molecule has 4 rings (SSSR count). The van der Waals surface area contributed by atoms with Gasteiger partial charge in [0.2, 0.25) is 0 Å². The van der Waals surface area contributed by atoms with Crippen LogP contribution in [-0.2, 0) is 11.2 Å². The van der Waals surface area contributed by atoms with Crippen molar-refractivity contribution in [3.05, 3.63) is 39.5 Å². The summed E-state index contributed by atoms with van der Waals surface area (Å²) in [5, 5.41) is 4.08. The lowest BCUT2D eigenvalue weighted by Gasteiger charge is -2.33. The van der Waals surface area contributed by atoms with Crippen molar-refractivity contribution < 1.29 is 14.3 Å². The monoisotopic (exact) mass is 456 g/mol. The summed E-state index contributed by atoms with van der Waals surface area (Å²) < 4.78 is 12.0. The van der Waals surface area contributed by atoms with E-state index in [1.54, 1.807) is 7.11 Å². The van der Waals surface area contributed by atoms with Gasteiger partial charge in [0.05, 0.1) is 7.11 Å². The van der Waals surface area contributed by atoms with Crippen LogP contribution in [0.25, 0.3) is 21.0 Å². The quantitative estimate of drug-likeness (QED) is 0.533. The zero-order chi connectivity index (χ0) is 22.9. The summed E-state index contributed by atoms with van der Waals surface area (Å²) in [6, 6.07) is 5.92. The number of pyridine rings is 1. The van der Waals surface area contributed by atoms with Gasteiger partial charge in [-0.1, -0.05) is 0 Å². The second kappa shape index (κ2) is 9.14. The molecule has 1 fully saturated rings.